The van der Waals surface area contributed by atoms with Crippen LogP contribution in [-0.2, 0) is 6.61 Å². The fourth-order valence-electron chi connectivity index (χ4n) is 3.04. The summed E-state index contributed by atoms with van der Waals surface area (Å²) in [4.78, 5) is 4.59. The van der Waals surface area contributed by atoms with E-state index in [0.29, 0.717) is 35.3 Å². The minimum atomic E-state index is 0.442. The molecule has 1 aromatic heterocycles. The smallest absolute Gasteiger partial charge is 0.161 e. The summed E-state index contributed by atoms with van der Waals surface area (Å²) in [7, 11) is 0. The second kappa shape index (κ2) is 9.78. The van der Waals surface area contributed by atoms with Gasteiger partial charge in [-0.15, -0.1) is 11.3 Å². The predicted octanol–water partition coefficient (Wildman–Crippen LogP) is 7.10. The van der Waals surface area contributed by atoms with Gasteiger partial charge in [-0.1, -0.05) is 46.3 Å². The van der Waals surface area contributed by atoms with Crippen molar-refractivity contribution in [2.45, 2.75) is 13.5 Å². The van der Waals surface area contributed by atoms with Crippen LogP contribution in [0, 0.1) is 11.3 Å². The molecule has 0 N–H and O–H groups in total. The molecule has 0 fully saturated rings. The van der Waals surface area contributed by atoms with Gasteiger partial charge in [-0.05, 0) is 60.5 Å². The standard InChI is InChI=1S/C25H19BrN2O2S/c1-2-29-23-14-18(9-12-22(23)30-16-17-7-10-20(26)11-8-17)13-19(15-27)25-28-21-5-3-4-6-24(21)31-25/h3-14H,2,16H2,1H3. The molecule has 0 spiro atoms. The Morgan fingerprint density at radius 3 is 2.61 bits per heavy atom. The van der Waals surface area contributed by atoms with E-state index in [1.54, 1.807) is 0 Å². The minimum Gasteiger partial charge on any atom is -0.490 e. The molecule has 0 aliphatic carbocycles. The maximum absolute atomic E-state index is 9.71. The molecule has 0 bridgehead atoms. The monoisotopic (exact) mass is 490 g/mol. The maximum atomic E-state index is 9.71. The second-order valence-electron chi connectivity index (χ2n) is 6.71. The van der Waals surface area contributed by atoms with Gasteiger partial charge in [-0.3, -0.25) is 0 Å². The number of ether oxygens (including phenoxy) is 2. The molecule has 0 saturated heterocycles. The van der Waals surface area contributed by atoms with Gasteiger partial charge in [0.2, 0.25) is 0 Å². The first-order valence-electron chi connectivity index (χ1n) is 9.78. The number of hydrogen-bond donors (Lipinski definition) is 0. The van der Waals surface area contributed by atoms with Crippen LogP contribution in [0.5, 0.6) is 11.5 Å². The van der Waals surface area contributed by atoms with Crippen LogP contribution in [0.4, 0.5) is 0 Å². The maximum Gasteiger partial charge on any atom is 0.161 e. The molecule has 31 heavy (non-hydrogen) atoms. The van der Waals surface area contributed by atoms with Crippen LogP contribution in [0.15, 0.2) is 71.2 Å². The Hall–Kier alpha value is -3.14. The first-order valence-corrected chi connectivity index (χ1v) is 11.4. The van der Waals surface area contributed by atoms with Gasteiger partial charge in [0.25, 0.3) is 0 Å². The Kier molecular flexibility index (Phi) is 6.66. The number of thiazole rings is 1. The van der Waals surface area contributed by atoms with Crippen molar-refractivity contribution in [3.63, 3.8) is 0 Å². The number of hydrogen-bond acceptors (Lipinski definition) is 5. The normalized spacial score (nSPS) is 11.3. The van der Waals surface area contributed by atoms with E-state index in [1.165, 1.54) is 11.3 Å². The molecule has 0 amide bonds. The van der Waals surface area contributed by atoms with Crippen molar-refractivity contribution < 1.29 is 9.47 Å². The molecular weight excluding hydrogens is 472 g/mol. The third-order valence-corrected chi connectivity index (χ3v) is 6.13. The Morgan fingerprint density at radius 1 is 1.06 bits per heavy atom. The van der Waals surface area contributed by atoms with Crippen molar-refractivity contribution in [1.82, 2.24) is 4.98 Å². The van der Waals surface area contributed by atoms with E-state index in [-0.39, 0.29) is 0 Å². The van der Waals surface area contributed by atoms with Gasteiger partial charge in [0.15, 0.2) is 11.5 Å². The highest BCUT2D eigenvalue weighted by atomic mass is 79.9. The van der Waals surface area contributed by atoms with Crippen LogP contribution < -0.4 is 9.47 Å². The molecule has 0 radical (unpaired) electrons. The van der Waals surface area contributed by atoms with Crippen LogP contribution >= 0.6 is 27.3 Å². The van der Waals surface area contributed by atoms with E-state index in [4.69, 9.17) is 9.47 Å². The zero-order chi connectivity index (χ0) is 21.6. The molecule has 154 valence electrons. The number of allylic oxidation sites excluding steroid dienone is 1. The molecular formula is C25H19BrN2O2S. The van der Waals surface area contributed by atoms with Gasteiger partial charge >= 0.3 is 0 Å². The van der Waals surface area contributed by atoms with Crippen LogP contribution in [0.25, 0.3) is 21.9 Å². The lowest BCUT2D eigenvalue weighted by Crippen LogP contribution is -2.00. The first-order chi connectivity index (χ1) is 15.2. The van der Waals surface area contributed by atoms with E-state index in [1.807, 2.05) is 79.7 Å². The average Bonchev–Trinajstić information content (AvgIpc) is 3.22. The van der Waals surface area contributed by atoms with Crippen molar-refractivity contribution in [2.24, 2.45) is 0 Å². The molecule has 4 aromatic rings. The third-order valence-electron chi connectivity index (χ3n) is 4.53. The van der Waals surface area contributed by atoms with Crippen molar-refractivity contribution in [2.75, 3.05) is 6.61 Å². The van der Waals surface area contributed by atoms with Crippen molar-refractivity contribution in [3.8, 4) is 17.6 Å². The fourth-order valence-corrected chi connectivity index (χ4v) is 4.24. The van der Waals surface area contributed by atoms with E-state index in [0.717, 1.165) is 25.8 Å². The van der Waals surface area contributed by atoms with Gasteiger partial charge < -0.3 is 9.47 Å². The summed E-state index contributed by atoms with van der Waals surface area (Å²) in [5, 5.41) is 10.4. The molecule has 0 aliphatic heterocycles. The number of fused-ring (bicyclic) bond motifs is 1. The van der Waals surface area contributed by atoms with Gasteiger partial charge in [-0.25, -0.2) is 4.98 Å². The van der Waals surface area contributed by atoms with Crippen LogP contribution in [-0.4, -0.2) is 11.6 Å². The summed E-state index contributed by atoms with van der Waals surface area (Å²) in [6, 6.07) is 23.9. The van der Waals surface area contributed by atoms with Crippen molar-refractivity contribution >= 4 is 49.1 Å². The van der Waals surface area contributed by atoms with Crippen LogP contribution in [0.2, 0.25) is 0 Å². The van der Waals surface area contributed by atoms with E-state index < -0.39 is 0 Å². The van der Waals surface area contributed by atoms with Crippen LogP contribution in [0.1, 0.15) is 23.1 Å². The van der Waals surface area contributed by atoms with Crippen molar-refractivity contribution in [3.05, 3.63) is 87.3 Å². The molecule has 4 nitrogen and oxygen atoms in total. The highest BCUT2D eigenvalue weighted by Crippen LogP contribution is 2.32. The molecule has 0 aliphatic rings. The lowest BCUT2D eigenvalue weighted by molar-refractivity contribution is 0.269. The Morgan fingerprint density at radius 2 is 1.87 bits per heavy atom. The zero-order valence-electron chi connectivity index (χ0n) is 16.8. The van der Waals surface area contributed by atoms with Gasteiger partial charge in [0.1, 0.15) is 17.7 Å². The number of aromatic nitrogens is 1. The minimum absolute atomic E-state index is 0.442. The summed E-state index contributed by atoms with van der Waals surface area (Å²) in [6.07, 6.45) is 1.83. The molecule has 0 unspecified atom stereocenters. The number of para-hydroxylation sites is 1. The number of rotatable bonds is 7. The Balaban J connectivity index is 1.59. The number of benzene rings is 3. The molecule has 0 saturated carbocycles. The number of nitriles is 1. The van der Waals surface area contributed by atoms with Crippen LogP contribution in [0.3, 0.4) is 0 Å². The van der Waals surface area contributed by atoms with Gasteiger partial charge in [0.05, 0.1) is 22.4 Å². The third kappa shape index (κ3) is 5.13. The summed E-state index contributed by atoms with van der Waals surface area (Å²) < 4.78 is 13.9. The molecule has 6 heteroatoms. The van der Waals surface area contributed by atoms with Gasteiger partial charge in [0, 0.05) is 4.47 Å². The molecule has 0 atom stereocenters. The number of nitrogens with zero attached hydrogens (tertiary/aromatic N) is 2. The summed E-state index contributed by atoms with van der Waals surface area (Å²) in [5.41, 5.74) is 3.34. The second-order valence-corrected chi connectivity index (χ2v) is 8.66. The molecule has 3 aromatic carbocycles. The zero-order valence-corrected chi connectivity index (χ0v) is 19.2. The first kappa shape index (κ1) is 21.1. The highest BCUT2D eigenvalue weighted by Gasteiger charge is 2.11. The lowest BCUT2D eigenvalue weighted by Gasteiger charge is -2.13. The molecule has 4 rings (SSSR count). The average molecular weight is 491 g/mol. The molecule has 1 heterocycles. The SMILES string of the molecule is CCOc1cc(C=C(C#N)c2nc3ccccc3s2)ccc1OCc1ccc(Br)cc1. The fraction of sp³-hybridized carbons (Fsp3) is 0.120. The lowest BCUT2D eigenvalue weighted by atomic mass is 10.1. The number of halogens is 1. The summed E-state index contributed by atoms with van der Waals surface area (Å²) in [6.45, 7) is 2.89. The Bertz CT molecular complexity index is 1240. The van der Waals surface area contributed by atoms with E-state index in [2.05, 4.69) is 27.0 Å². The van der Waals surface area contributed by atoms with Crippen molar-refractivity contribution in [1.29, 1.82) is 5.26 Å². The quantitative estimate of drug-likeness (QED) is 0.259. The predicted molar refractivity (Wildman–Crippen MR) is 129 cm³/mol. The largest absolute Gasteiger partial charge is 0.490 e. The topological polar surface area (TPSA) is 55.1 Å². The van der Waals surface area contributed by atoms with E-state index in [9.17, 15) is 5.26 Å². The Labute approximate surface area is 193 Å². The summed E-state index contributed by atoms with van der Waals surface area (Å²) in [5.74, 6) is 1.32. The van der Waals surface area contributed by atoms with Gasteiger partial charge in [-0.2, -0.15) is 5.26 Å². The highest BCUT2D eigenvalue weighted by molar-refractivity contribution is 9.10. The summed E-state index contributed by atoms with van der Waals surface area (Å²) >= 11 is 4.95. The van der Waals surface area contributed by atoms with E-state index >= 15 is 0 Å².